The maximum absolute atomic E-state index is 12.1. The monoisotopic (exact) mass is 248 g/mol. The Labute approximate surface area is 106 Å². The Bertz CT molecular complexity index is 454. The van der Waals surface area contributed by atoms with Crippen LogP contribution in [0, 0.1) is 0 Å². The summed E-state index contributed by atoms with van der Waals surface area (Å²) in [5, 5.41) is 0. The van der Waals surface area contributed by atoms with E-state index in [0.29, 0.717) is 12.2 Å². The maximum Gasteiger partial charge on any atom is 0.194 e. The molecule has 0 unspecified atom stereocenters. The summed E-state index contributed by atoms with van der Waals surface area (Å²) in [5.74, 6) is -0.550. The predicted octanol–water partition coefficient (Wildman–Crippen LogP) is 1.79. The van der Waals surface area contributed by atoms with Gasteiger partial charge in [-0.15, -0.1) is 0 Å². The van der Waals surface area contributed by atoms with Gasteiger partial charge in [0, 0.05) is 5.56 Å². The molecule has 4 nitrogen and oxygen atoms in total. The molecule has 0 aliphatic carbocycles. The van der Waals surface area contributed by atoms with Crippen LogP contribution < -0.4 is 0 Å². The Balaban J connectivity index is 1.63. The molecule has 3 rings (SSSR count). The molecule has 3 atom stereocenters. The third-order valence-electron chi connectivity index (χ3n) is 3.24. The summed E-state index contributed by atoms with van der Waals surface area (Å²) in [5.41, 5.74) is 0.683. The molecule has 0 aromatic heterocycles. The number of carbonyl (C=O) groups is 1. The highest BCUT2D eigenvalue weighted by Gasteiger charge is 2.54. The van der Waals surface area contributed by atoms with Gasteiger partial charge in [-0.1, -0.05) is 30.3 Å². The highest BCUT2D eigenvalue weighted by Crippen LogP contribution is 2.36. The summed E-state index contributed by atoms with van der Waals surface area (Å²) in [4.78, 5) is 12.1. The maximum atomic E-state index is 12.1. The van der Waals surface area contributed by atoms with Crippen LogP contribution >= 0.6 is 0 Å². The molecule has 1 aromatic carbocycles. The summed E-state index contributed by atoms with van der Waals surface area (Å²) in [6.45, 7) is 4.21. The number of rotatable bonds is 3. The molecule has 2 aliphatic heterocycles. The molecule has 0 amide bonds. The molecule has 0 spiro atoms. The molecule has 2 heterocycles. The number of Topliss-reactive ketones (excluding diaryl/α,β-unsaturated/α-hetero) is 1. The zero-order chi connectivity index (χ0) is 12.8. The SMILES string of the molecule is CC1(C)OC[C@H]([C@H]2O[C@@H]2C(=O)c2ccccc2)O1. The molecule has 0 radical (unpaired) electrons. The Morgan fingerprint density at radius 1 is 1.28 bits per heavy atom. The van der Waals surface area contributed by atoms with Gasteiger partial charge in [0.15, 0.2) is 11.6 Å². The van der Waals surface area contributed by atoms with E-state index in [0.717, 1.165) is 0 Å². The van der Waals surface area contributed by atoms with Crippen LogP contribution in [0.1, 0.15) is 24.2 Å². The first-order valence-electron chi connectivity index (χ1n) is 6.13. The molecule has 2 saturated heterocycles. The molecule has 4 heteroatoms. The molecule has 0 saturated carbocycles. The molecule has 96 valence electrons. The van der Waals surface area contributed by atoms with E-state index in [1.165, 1.54) is 0 Å². The van der Waals surface area contributed by atoms with Gasteiger partial charge in [0.1, 0.15) is 18.3 Å². The number of ketones is 1. The zero-order valence-corrected chi connectivity index (χ0v) is 10.5. The minimum Gasteiger partial charge on any atom is -0.358 e. The summed E-state index contributed by atoms with van der Waals surface area (Å²) >= 11 is 0. The van der Waals surface area contributed by atoms with Crippen molar-refractivity contribution in [2.45, 2.75) is 37.9 Å². The summed E-state index contributed by atoms with van der Waals surface area (Å²) in [6.07, 6.45) is -0.688. The molecule has 2 aliphatic rings. The Kier molecular flexibility index (Phi) is 2.73. The first-order valence-corrected chi connectivity index (χ1v) is 6.13. The zero-order valence-electron chi connectivity index (χ0n) is 10.5. The summed E-state index contributed by atoms with van der Waals surface area (Å²) in [7, 11) is 0. The third kappa shape index (κ3) is 2.19. The second-order valence-corrected chi connectivity index (χ2v) is 5.12. The van der Waals surface area contributed by atoms with Gasteiger partial charge in [-0.2, -0.15) is 0 Å². The van der Waals surface area contributed by atoms with Gasteiger partial charge in [0.05, 0.1) is 6.61 Å². The van der Waals surface area contributed by atoms with E-state index in [1.54, 1.807) is 12.1 Å². The quantitative estimate of drug-likeness (QED) is 0.604. The van der Waals surface area contributed by atoms with Crippen LogP contribution in [0.2, 0.25) is 0 Å². The van der Waals surface area contributed by atoms with E-state index < -0.39 is 5.79 Å². The minimum absolute atomic E-state index is 0.0221. The second kappa shape index (κ2) is 4.16. The summed E-state index contributed by atoms with van der Waals surface area (Å²) in [6, 6.07) is 9.19. The molecular weight excluding hydrogens is 232 g/mol. The van der Waals surface area contributed by atoms with Crippen LogP contribution in [0.4, 0.5) is 0 Å². The molecule has 1 aromatic rings. The number of hydrogen-bond donors (Lipinski definition) is 0. The van der Waals surface area contributed by atoms with Crippen LogP contribution in [0.5, 0.6) is 0 Å². The highest BCUT2D eigenvalue weighted by molar-refractivity contribution is 6.01. The van der Waals surface area contributed by atoms with E-state index in [2.05, 4.69) is 0 Å². The van der Waals surface area contributed by atoms with Crippen molar-refractivity contribution >= 4 is 5.78 Å². The minimum atomic E-state index is -0.572. The fourth-order valence-corrected chi connectivity index (χ4v) is 2.26. The first-order chi connectivity index (χ1) is 8.57. The van der Waals surface area contributed by atoms with Gasteiger partial charge in [0.2, 0.25) is 0 Å². The van der Waals surface area contributed by atoms with Crippen molar-refractivity contribution in [2.24, 2.45) is 0 Å². The van der Waals surface area contributed by atoms with E-state index in [9.17, 15) is 4.79 Å². The fraction of sp³-hybridized carbons (Fsp3) is 0.500. The Morgan fingerprint density at radius 3 is 2.61 bits per heavy atom. The average Bonchev–Trinajstić information content (AvgIpc) is 3.08. The van der Waals surface area contributed by atoms with Crippen molar-refractivity contribution in [3.63, 3.8) is 0 Å². The van der Waals surface area contributed by atoms with Crippen molar-refractivity contribution in [3.05, 3.63) is 35.9 Å². The normalized spacial score (nSPS) is 33.3. The van der Waals surface area contributed by atoms with Crippen LogP contribution in [0.3, 0.4) is 0 Å². The van der Waals surface area contributed by atoms with Gasteiger partial charge in [-0.05, 0) is 13.8 Å². The predicted molar refractivity (Wildman–Crippen MR) is 64.3 cm³/mol. The summed E-state index contributed by atoms with van der Waals surface area (Å²) < 4.78 is 16.6. The van der Waals surface area contributed by atoms with Crippen molar-refractivity contribution in [1.29, 1.82) is 0 Å². The Morgan fingerprint density at radius 2 is 2.00 bits per heavy atom. The lowest BCUT2D eigenvalue weighted by molar-refractivity contribution is -0.140. The number of ether oxygens (including phenoxy) is 3. The molecular formula is C14H16O4. The number of epoxide rings is 1. The lowest BCUT2D eigenvalue weighted by Crippen LogP contribution is -2.26. The van der Waals surface area contributed by atoms with Gasteiger partial charge in [-0.25, -0.2) is 0 Å². The first kappa shape index (κ1) is 11.8. The van der Waals surface area contributed by atoms with E-state index in [4.69, 9.17) is 14.2 Å². The van der Waals surface area contributed by atoms with Crippen LogP contribution in [-0.2, 0) is 14.2 Å². The van der Waals surface area contributed by atoms with Gasteiger partial charge < -0.3 is 14.2 Å². The van der Waals surface area contributed by atoms with E-state index in [-0.39, 0.29) is 24.1 Å². The second-order valence-electron chi connectivity index (χ2n) is 5.12. The number of carbonyl (C=O) groups excluding carboxylic acids is 1. The largest absolute Gasteiger partial charge is 0.358 e. The molecule has 2 fully saturated rings. The van der Waals surface area contributed by atoms with E-state index >= 15 is 0 Å². The van der Waals surface area contributed by atoms with Crippen LogP contribution in [-0.4, -0.2) is 36.5 Å². The number of benzene rings is 1. The molecule has 0 N–H and O–H groups in total. The number of hydrogen-bond acceptors (Lipinski definition) is 4. The average molecular weight is 248 g/mol. The van der Waals surface area contributed by atoms with E-state index in [1.807, 2.05) is 32.0 Å². The van der Waals surface area contributed by atoms with Crippen molar-refractivity contribution in [3.8, 4) is 0 Å². The lowest BCUT2D eigenvalue weighted by Gasteiger charge is -2.16. The topological polar surface area (TPSA) is 48.1 Å². The van der Waals surface area contributed by atoms with Crippen molar-refractivity contribution in [1.82, 2.24) is 0 Å². The van der Waals surface area contributed by atoms with Crippen molar-refractivity contribution < 1.29 is 19.0 Å². The van der Waals surface area contributed by atoms with Crippen LogP contribution in [0.25, 0.3) is 0 Å². The molecule has 18 heavy (non-hydrogen) atoms. The fourth-order valence-electron chi connectivity index (χ4n) is 2.26. The van der Waals surface area contributed by atoms with Crippen molar-refractivity contribution in [2.75, 3.05) is 6.61 Å². The lowest BCUT2D eigenvalue weighted by atomic mass is 10.0. The van der Waals surface area contributed by atoms with Crippen LogP contribution in [0.15, 0.2) is 30.3 Å². The smallest absolute Gasteiger partial charge is 0.194 e. The third-order valence-corrected chi connectivity index (χ3v) is 3.24. The van der Waals surface area contributed by atoms with Gasteiger partial charge in [-0.3, -0.25) is 4.79 Å². The highest BCUT2D eigenvalue weighted by atomic mass is 16.8. The van der Waals surface area contributed by atoms with Gasteiger partial charge >= 0.3 is 0 Å². The van der Waals surface area contributed by atoms with Gasteiger partial charge in [0.25, 0.3) is 0 Å². The molecule has 0 bridgehead atoms. The standard InChI is InChI=1S/C14H16O4/c1-14(2)16-8-10(18-14)12-13(17-12)11(15)9-6-4-3-5-7-9/h3-7,10,12-13H,8H2,1-2H3/t10-,12-,13-/m1/s1. The Hall–Kier alpha value is -1.23.